The first-order chi connectivity index (χ1) is 3.39. The molecule has 8 heavy (non-hydrogen) atoms. The van der Waals surface area contributed by atoms with Crippen molar-refractivity contribution in [2.45, 2.75) is 0 Å². The van der Waals surface area contributed by atoms with Gasteiger partial charge in [-0.3, -0.25) is 0 Å². The second-order valence-electron chi connectivity index (χ2n) is 1.09. The van der Waals surface area contributed by atoms with Crippen molar-refractivity contribution in [1.82, 2.24) is 4.98 Å². The van der Waals surface area contributed by atoms with Gasteiger partial charge in [0.1, 0.15) is 0 Å². The minimum absolute atomic E-state index is 0. The van der Waals surface area contributed by atoms with Crippen LogP contribution in [0.2, 0.25) is 5.02 Å². The topological polar surface area (TPSA) is 12.9 Å². The Hall–Kier alpha value is 0.0374. The molecule has 0 spiro atoms. The normalized spacial score (nSPS) is 7.62. The number of rotatable bonds is 0. The van der Waals surface area contributed by atoms with Crippen molar-refractivity contribution < 1.29 is 18.9 Å². The van der Waals surface area contributed by atoms with Gasteiger partial charge in [0.15, 0.2) is 0 Å². The molecule has 1 aromatic rings. The molecule has 0 fully saturated rings. The Labute approximate surface area is 65.3 Å². The van der Waals surface area contributed by atoms with Crippen LogP contribution in [0, 0.1) is 6.07 Å². The van der Waals surface area contributed by atoms with E-state index in [1.165, 1.54) is 6.20 Å². The fraction of sp³-hybridized carbons (Fsp3) is 0. The predicted octanol–water partition coefficient (Wildman–Crippen LogP) is -1.46. The molecule has 0 amide bonds. The van der Waals surface area contributed by atoms with Gasteiger partial charge < -0.3 is 4.98 Å². The largest absolute Gasteiger partial charge is 1.00 e. The van der Waals surface area contributed by atoms with E-state index in [-0.39, 0.29) is 18.9 Å². The fourth-order valence-corrected chi connectivity index (χ4v) is 0.404. The molecule has 0 saturated carbocycles. The minimum Gasteiger partial charge on any atom is -0.304 e. The Balaban J connectivity index is 0.000000490. The van der Waals surface area contributed by atoms with Gasteiger partial charge in [-0.25, -0.2) is 6.07 Å². The summed E-state index contributed by atoms with van der Waals surface area (Å²) in [4.78, 5) is 3.71. The number of halogens is 1. The molecule has 0 unspecified atom stereocenters. The molecule has 0 aliphatic rings. The minimum atomic E-state index is 0. The monoisotopic (exact) mass is 119 g/mol. The predicted molar refractivity (Wildman–Crippen MR) is 28.1 cm³/mol. The first kappa shape index (κ1) is 8.04. The average molecular weight is 119 g/mol. The Kier molecular flexibility index (Phi) is 3.99. The summed E-state index contributed by atoms with van der Waals surface area (Å²) in [7, 11) is 0. The van der Waals surface area contributed by atoms with E-state index in [9.17, 15) is 0 Å². The van der Waals surface area contributed by atoms with Crippen LogP contribution in [-0.2, 0) is 0 Å². The van der Waals surface area contributed by atoms with Crippen molar-refractivity contribution in [3.8, 4) is 0 Å². The number of nitrogens with zero attached hydrogens (tertiary/aromatic N) is 1. The number of aromatic nitrogens is 1. The van der Waals surface area contributed by atoms with Crippen molar-refractivity contribution >= 4 is 11.6 Å². The summed E-state index contributed by atoms with van der Waals surface area (Å²) in [5.41, 5.74) is 0. The molecular formula is C5H3ClLiN. The van der Waals surface area contributed by atoms with Gasteiger partial charge in [0.05, 0.1) is 0 Å². The maximum Gasteiger partial charge on any atom is 1.00 e. The summed E-state index contributed by atoms with van der Waals surface area (Å²) < 4.78 is 0. The summed E-state index contributed by atoms with van der Waals surface area (Å²) in [6.07, 6.45) is 3.15. The van der Waals surface area contributed by atoms with Crippen LogP contribution < -0.4 is 18.9 Å². The molecule has 0 saturated heterocycles. The van der Waals surface area contributed by atoms with Gasteiger partial charge in [-0.05, 0) is 0 Å². The van der Waals surface area contributed by atoms with Crippen molar-refractivity contribution in [1.29, 1.82) is 0 Å². The smallest absolute Gasteiger partial charge is 0.304 e. The molecule has 0 aliphatic carbocycles. The van der Waals surface area contributed by atoms with Crippen LogP contribution in [0.4, 0.5) is 0 Å². The maximum atomic E-state index is 5.44. The van der Waals surface area contributed by atoms with Crippen LogP contribution in [0.5, 0.6) is 0 Å². The Morgan fingerprint density at radius 1 is 1.62 bits per heavy atom. The van der Waals surface area contributed by atoms with E-state index < -0.39 is 0 Å². The van der Waals surface area contributed by atoms with Gasteiger partial charge in [0, 0.05) is 0 Å². The number of hydrogen-bond donors (Lipinski definition) is 0. The van der Waals surface area contributed by atoms with Gasteiger partial charge >= 0.3 is 18.9 Å². The van der Waals surface area contributed by atoms with Crippen LogP contribution in [-0.4, -0.2) is 4.98 Å². The summed E-state index contributed by atoms with van der Waals surface area (Å²) in [5.74, 6) is 0. The van der Waals surface area contributed by atoms with E-state index >= 15 is 0 Å². The van der Waals surface area contributed by atoms with Gasteiger partial charge in [0.25, 0.3) is 0 Å². The third-order valence-electron chi connectivity index (χ3n) is 0.584. The Bertz CT molecular complexity index is 142. The Morgan fingerprint density at radius 3 is 2.62 bits per heavy atom. The molecule has 36 valence electrons. The van der Waals surface area contributed by atoms with E-state index in [0.29, 0.717) is 5.02 Å². The molecular weight excluding hydrogens is 116 g/mol. The first-order valence-electron chi connectivity index (χ1n) is 1.87. The van der Waals surface area contributed by atoms with E-state index in [2.05, 4.69) is 11.1 Å². The van der Waals surface area contributed by atoms with Crippen molar-refractivity contribution in [2.75, 3.05) is 0 Å². The van der Waals surface area contributed by atoms with Crippen LogP contribution in [0.1, 0.15) is 0 Å². The zero-order chi connectivity index (χ0) is 5.11. The molecule has 0 aromatic carbocycles. The molecule has 0 aliphatic heterocycles. The van der Waals surface area contributed by atoms with Gasteiger partial charge in [-0.15, -0.1) is 16.6 Å². The summed E-state index contributed by atoms with van der Waals surface area (Å²) >= 11 is 5.44. The van der Waals surface area contributed by atoms with E-state index in [1.807, 2.05) is 0 Å². The van der Waals surface area contributed by atoms with Crippen molar-refractivity contribution in [2.24, 2.45) is 0 Å². The maximum absolute atomic E-state index is 5.44. The van der Waals surface area contributed by atoms with Gasteiger partial charge in [-0.1, -0.05) is 12.4 Å². The zero-order valence-corrected chi connectivity index (χ0v) is 5.31. The van der Waals surface area contributed by atoms with E-state index in [0.717, 1.165) is 0 Å². The quantitative estimate of drug-likeness (QED) is 0.301. The molecule has 1 rings (SSSR count). The second kappa shape index (κ2) is 3.97. The fourth-order valence-electron chi connectivity index (χ4n) is 0.299. The SMILES string of the molecule is Clc1[c-]cncc1.[Li+]. The summed E-state index contributed by atoms with van der Waals surface area (Å²) in [5, 5.41) is 0.606. The molecule has 0 bridgehead atoms. The molecule has 1 aromatic heterocycles. The third-order valence-corrected chi connectivity index (χ3v) is 0.819. The third kappa shape index (κ3) is 2.37. The molecule has 0 atom stereocenters. The zero-order valence-electron chi connectivity index (χ0n) is 4.56. The standard InChI is InChI=1S/C5H3ClN.Li/c6-5-1-3-7-4-2-5;/h1,3-4H;/q-1;+1. The average Bonchev–Trinajstić information content (AvgIpc) is 1.69. The van der Waals surface area contributed by atoms with Crippen LogP contribution in [0.25, 0.3) is 0 Å². The summed E-state index contributed by atoms with van der Waals surface area (Å²) in [6.45, 7) is 0. The Morgan fingerprint density at radius 2 is 2.38 bits per heavy atom. The van der Waals surface area contributed by atoms with Gasteiger partial charge in [-0.2, -0.15) is 6.07 Å². The van der Waals surface area contributed by atoms with E-state index in [1.54, 1.807) is 12.3 Å². The van der Waals surface area contributed by atoms with Crippen molar-refractivity contribution in [3.05, 3.63) is 29.5 Å². The second-order valence-corrected chi connectivity index (χ2v) is 1.49. The molecule has 3 heteroatoms. The molecule has 0 radical (unpaired) electrons. The van der Waals surface area contributed by atoms with Gasteiger partial charge in [0.2, 0.25) is 0 Å². The van der Waals surface area contributed by atoms with Crippen LogP contribution in [0.15, 0.2) is 18.5 Å². The molecule has 0 N–H and O–H groups in total. The first-order valence-corrected chi connectivity index (χ1v) is 2.24. The molecule has 1 nitrogen and oxygen atoms in total. The number of pyridine rings is 1. The van der Waals surface area contributed by atoms with E-state index in [4.69, 9.17) is 11.6 Å². The summed E-state index contributed by atoms with van der Waals surface area (Å²) in [6, 6.07) is 4.37. The molecule has 1 heterocycles. The number of hydrogen-bond acceptors (Lipinski definition) is 1. The van der Waals surface area contributed by atoms with Crippen LogP contribution >= 0.6 is 11.6 Å². The van der Waals surface area contributed by atoms with Crippen LogP contribution in [0.3, 0.4) is 0 Å². The van der Waals surface area contributed by atoms with Crippen molar-refractivity contribution in [3.63, 3.8) is 0 Å².